The fourth-order valence-corrected chi connectivity index (χ4v) is 4.19. The molecule has 1 saturated heterocycles. The van der Waals surface area contributed by atoms with Gasteiger partial charge in [-0.05, 0) is 40.5 Å². The van der Waals surface area contributed by atoms with E-state index in [-0.39, 0.29) is 0 Å². The van der Waals surface area contributed by atoms with Crippen molar-refractivity contribution in [2.45, 2.75) is 6.92 Å². The molecule has 0 unspecified atom stereocenters. The zero-order chi connectivity index (χ0) is 18.3. The van der Waals surface area contributed by atoms with Crippen LogP contribution in [0.4, 0.5) is 5.69 Å². The number of nitrogens with zero attached hydrogens (tertiary/aromatic N) is 3. The Labute approximate surface area is 166 Å². The third kappa shape index (κ3) is 3.17. The standard InChI is InChI=1S/C19H20BrClN4O/c1-12-7-18(26-2)15(21)8-13(12)16-11-25-10-14(20)17(9-19(25)23-16)24-5-3-22-4-6-24/h7-11,22H,3-6H2,1-2H3. The van der Waals surface area contributed by atoms with Gasteiger partial charge in [0.25, 0.3) is 0 Å². The topological polar surface area (TPSA) is 41.8 Å². The Kier molecular flexibility index (Phi) is 4.82. The number of methoxy groups -OCH3 is 1. The molecule has 0 aliphatic carbocycles. The number of pyridine rings is 1. The first-order valence-electron chi connectivity index (χ1n) is 8.55. The first-order chi connectivity index (χ1) is 12.6. The maximum absolute atomic E-state index is 6.32. The summed E-state index contributed by atoms with van der Waals surface area (Å²) in [7, 11) is 1.63. The number of benzene rings is 1. The third-order valence-corrected chi connectivity index (χ3v) is 5.66. The average Bonchev–Trinajstić information content (AvgIpc) is 3.05. The van der Waals surface area contributed by atoms with Crippen LogP contribution in [0.25, 0.3) is 16.9 Å². The highest BCUT2D eigenvalue weighted by molar-refractivity contribution is 9.10. The van der Waals surface area contributed by atoms with Crippen molar-refractivity contribution >= 4 is 38.9 Å². The van der Waals surface area contributed by atoms with Crippen molar-refractivity contribution in [1.82, 2.24) is 14.7 Å². The van der Waals surface area contributed by atoms with Gasteiger partial charge in [0.05, 0.1) is 28.0 Å². The molecule has 4 rings (SSSR count). The van der Waals surface area contributed by atoms with E-state index >= 15 is 0 Å². The van der Waals surface area contributed by atoms with E-state index in [2.05, 4.69) is 38.4 Å². The lowest BCUT2D eigenvalue weighted by atomic mass is 10.1. The Morgan fingerprint density at radius 2 is 1.96 bits per heavy atom. The van der Waals surface area contributed by atoms with Gasteiger partial charge in [0.2, 0.25) is 0 Å². The van der Waals surface area contributed by atoms with Crippen molar-refractivity contribution in [3.8, 4) is 17.0 Å². The maximum atomic E-state index is 6.32. The van der Waals surface area contributed by atoms with E-state index in [0.29, 0.717) is 10.8 Å². The van der Waals surface area contributed by atoms with E-state index in [1.54, 1.807) is 7.11 Å². The predicted molar refractivity (Wildman–Crippen MR) is 110 cm³/mol. The van der Waals surface area contributed by atoms with E-state index in [1.807, 2.05) is 29.7 Å². The molecule has 1 aliphatic rings. The number of hydrogen-bond acceptors (Lipinski definition) is 4. The number of ether oxygens (including phenoxy) is 1. The number of aromatic nitrogens is 2. The molecule has 0 amide bonds. The molecule has 0 atom stereocenters. The van der Waals surface area contributed by atoms with Crippen LogP contribution in [0.2, 0.25) is 5.02 Å². The molecular weight excluding hydrogens is 416 g/mol. The van der Waals surface area contributed by atoms with E-state index in [0.717, 1.165) is 53.1 Å². The second kappa shape index (κ2) is 7.10. The maximum Gasteiger partial charge on any atom is 0.139 e. The van der Waals surface area contributed by atoms with E-state index in [4.69, 9.17) is 21.3 Å². The Bertz CT molecular complexity index is 966. The van der Waals surface area contributed by atoms with Crippen molar-refractivity contribution < 1.29 is 4.74 Å². The molecule has 1 fully saturated rings. The zero-order valence-electron chi connectivity index (χ0n) is 14.7. The molecular formula is C19H20BrClN4O. The molecule has 0 radical (unpaired) electrons. The molecule has 136 valence electrons. The highest BCUT2D eigenvalue weighted by Gasteiger charge is 2.16. The molecule has 1 N–H and O–H groups in total. The van der Waals surface area contributed by atoms with Crippen LogP contribution in [0.3, 0.4) is 0 Å². The summed E-state index contributed by atoms with van der Waals surface area (Å²) in [6.45, 7) is 6.03. The van der Waals surface area contributed by atoms with Gasteiger partial charge >= 0.3 is 0 Å². The summed E-state index contributed by atoms with van der Waals surface area (Å²) in [4.78, 5) is 7.22. The van der Waals surface area contributed by atoms with Crippen LogP contribution in [0, 0.1) is 6.92 Å². The number of nitrogens with one attached hydrogen (secondary N) is 1. The Hall–Kier alpha value is -1.76. The van der Waals surface area contributed by atoms with Gasteiger partial charge in [-0.2, -0.15) is 0 Å². The van der Waals surface area contributed by atoms with Crippen LogP contribution in [0.15, 0.2) is 35.1 Å². The molecule has 1 aliphatic heterocycles. The second-order valence-electron chi connectivity index (χ2n) is 6.44. The summed E-state index contributed by atoms with van der Waals surface area (Å²) in [6, 6.07) is 6.01. The molecule has 7 heteroatoms. The summed E-state index contributed by atoms with van der Waals surface area (Å²) >= 11 is 10.0. The summed E-state index contributed by atoms with van der Waals surface area (Å²) < 4.78 is 8.41. The first-order valence-corrected chi connectivity index (χ1v) is 9.72. The van der Waals surface area contributed by atoms with Crippen molar-refractivity contribution in [2.24, 2.45) is 0 Å². The minimum absolute atomic E-state index is 0.591. The van der Waals surface area contributed by atoms with E-state index in [1.165, 1.54) is 5.69 Å². The van der Waals surface area contributed by atoms with Gasteiger partial charge in [0.15, 0.2) is 0 Å². The zero-order valence-corrected chi connectivity index (χ0v) is 17.1. The molecule has 0 saturated carbocycles. The number of halogens is 2. The van der Waals surface area contributed by atoms with Gasteiger partial charge in [-0.1, -0.05) is 11.6 Å². The fraction of sp³-hybridized carbons (Fsp3) is 0.316. The molecule has 0 bridgehead atoms. The molecule has 3 heterocycles. The van der Waals surface area contributed by atoms with Crippen LogP contribution < -0.4 is 15.0 Å². The van der Waals surface area contributed by atoms with Crippen LogP contribution in [-0.4, -0.2) is 42.7 Å². The van der Waals surface area contributed by atoms with Crippen LogP contribution >= 0.6 is 27.5 Å². The van der Waals surface area contributed by atoms with Gasteiger partial charge in [-0.3, -0.25) is 0 Å². The normalized spacial score (nSPS) is 14.8. The lowest BCUT2D eigenvalue weighted by Gasteiger charge is -2.30. The largest absolute Gasteiger partial charge is 0.495 e. The van der Waals surface area contributed by atoms with Crippen molar-refractivity contribution in [3.63, 3.8) is 0 Å². The van der Waals surface area contributed by atoms with Crippen LogP contribution in [-0.2, 0) is 0 Å². The van der Waals surface area contributed by atoms with Gasteiger partial charge in [0.1, 0.15) is 11.4 Å². The fourth-order valence-electron chi connectivity index (χ4n) is 3.36. The van der Waals surface area contributed by atoms with Gasteiger partial charge in [-0.15, -0.1) is 0 Å². The summed E-state index contributed by atoms with van der Waals surface area (Å²) in [5, 5.41) is 3.98. The quantitative estimate of drug-likeness (QED) is 0.671. The molecule has 3 aromatic rings. The Balaban J connectivity index is 1.77. The summed E-state index contributed by atoms with van der Waals surface area (Å²) in [5.41, 5.74) is 5.09. The monoisotopic (exact) mass is 434 g/mol. The predicted octanol–water partition coefficient (Wildman–Crippen LogP) is 4.14. The Morgan fingerprint density at radius 3 is 2.69 bits per heavy atom. The molecule has 26 heavy (non-hydrogen) atoms. The lowest BCUT2D eigenvalue weighted by molar-refractivity contribution is 0.415. The van der Waals surface area contributed by atoms with Gasteiger partial charge < -0.3 is 19.4 Å². The number of piperazine rings is 1. The van der Waals surface area contributed by atoms with Crippen molar-refractivity contribution in [3.05, 3.63) is 45.7 Å². The molecule has 0 spiro atoms. The van der Waals surface area contributed by atoms with E-state index in [9.17, 15) is 0 Å². The molecule has 2 aromatic heterocycles. The minimum atomic E-state index is 0.591. The summed E-state index contributed by atoms with van der Waals surface area (Å²) in [5.74, 6) is 0.681. The lowest BCUT2D eigenvalue weighted by Crippen LogP contribution is -2.43. The van der Waals surface area contributed by atoms with Crippen LogP contribution in [0.1, 0.15) is 5.56 Å². The number of hydrogen-bond donors (Lipinski definition) is 1. The average molecular weight is 436 g/mol. The SMILES string of the molecule is COc1cc(C)c(-c2cn3cc(Br)c(N4CCNCC4)cc3n2)cc1Cl. The highest BCUT2D eigenvalue weighted by Crippen LogP contribution is 2.34. The van der Waals surface area contributed by atoms with Crippen LogP contribution in [0.5, 0.6) is 5.75 Å². The molecule has 1 aromatic carbocycles. The Morgan fingerprint density at radius 1 is 1.19 bits per heavy atom. The number of anilines is 1. The number of rotatable bonds is 3. The number of fused-ring (bicyclic) bond motifs is 1. The highest BCUT2D eigenvalue weighted by atomic mass is 79.9. The number of aryl methyl sites for hydroxylation is 1. The van der Waals surface area contributed by atoms with Crippen molar-refractivity contribution in [1.29, 1.82) is 0 Å². The number of imidazole rings is 1. The second-order valence-corrected chi connectivity index (χ2v) is 7.70. The minimum Gasteiger partial charge on any atom is -0.495 e. The van der Waals surface area contributed by atoms with E-state index < -0.39 is 0 Å². The first kappa shape index (κ1) is 17.6. The van der Waals surface area contributed by atoms with Gasteiger partial charge in [-0.25, -0.2) is 4.98 Å². The van der Waals surface area contributed by atoms with Crippen molar-refractivity contribution in [2.75, 3.05) is 38.2 Å². The smallest absolute Gasteiger partial charge is 0.139 e. The summed E-state index contributed by atoms with van der Waals surface area (Å²) in [6.07, 6.45) is 4.11. The van der Waals surface area contributed by atoms with Gasteiger partial charge in [0, 0.05) is 50.2 Å². The molecule has 5 nitrogen and oxygen atoms in total. The third-order valence-electron chi connectivity index (χ3n) is 4.76.